The molecule has 0 aliphatic heterocycles. The zero-order valence-corrected chi connectivity index (χ0v) is 16.4. The number of carboxylic acids is 1. The number of hydrogen-bond donors (Lipinski definition) is 2. The minimum absolute atomic E-state index is 0.0807. The Balaban J connectivity index is 2.01. The van der Waals surface area contributed by atoms with E-state index in [-0.39, 0.29) is 30.3 Å². The summed E-state index contributed by atoms with van der Waals surface area (Å²) >= 11 is 0. The van der Waals surface area contributed by atoms with Crippen LogP contribution in [-0.2, 0) is 22.6 Å². The van der Waals surface area contributed by atoms with Crippen molar-refractivity contribution < 1.29 is 23.9 Å². The maximum atomic E-state index is 12.8. The molecule has 7 nitrogen and oxygen atoms in total. The average molecular weight is 386 g/mol. The first kappa shape index (κ1) is 21.2. The monoisotopic (exact) mass is 386 g/mol. The molecule has 0 bridgehead atoms. The van der Waals surface area contributed by atoms with E-state index in [9.17, 15) is 14.4 Å². The van der Waals surface area contributed by atoms with Gasteiger partial charge in [-0.25, -0.2) is 4.79 Å². The van der Waals surface area contributed by atoms with E-state index >= 15 is 0 Å². The molecule has 0 aliphatic rings. The highest BCUT2D eigenvalue weighted by atomic mass is 16.4. The summed E-state index contributed by atoms with van der Waals surface area (Å²) in [6, 6.07) is 10.1. The SMILES string of the molecule is CCCC(NC(=O)Cc1ccccc1)C(=O)N(C)Cc1cc(C(=O)O)c(C)o1. The molecule has 0 fully saturated rings. The number of amides is 2. The number of carbonyl (C=O) groups is 3. The van der Waals surface area contributed by atoms with Crippen molar-refractivity contribution in [1.29, 1.82) is 0 Å². The van der Waals surface area contributed by atoms with Crippen LogP contribution in [0.1, 0.15) is 47.2 Å². The smallest absolute Gasteiger partial charge is 0.339 e. The Labute approximate surface area is 164 Å². The first-order chi connectivity index (χ1) is 13.3. The molecule has 1 atom stereocenters. The van der Waals surface area contributed by atoms with Gasteiger partial charge >= 0.3 is 5.97 Å². The fraction of sp³-hybridized carbons (Fsp3) is 0.381. The standard InChI is InChI=1S/C21H26N2O5/c1-4-8-18(22-19(24)11-15-9-6-5-7-10-15)20(25)23(3)13-16-12-17(21(26)27)14(2)28-16/h5-7,9-10,12,18H,4,8,11,13H2,1-3H3,(H,22,24)(H,26,27). The number of furan rings is 1. The minimum Gasteiger partial charge on any atom is -0.478 e. The highest BCUT2D eigenvalue weighted by Crippen LogP contribution is 2.16. The van der Waals surface area contributed by atoms with Crippen molar-refractivity contribution in [2.75, 3.05) is 7.05 Å². The number of rotatable bonds is 9. The number of aromatic carboxylic acids is 1. The van der Waals surface area contributed by atoms with Gasteiger partial charge in [-0.1, -0.05) is 43.7 Å². The number of benzene rings is 1. The van der Waals surface area contributed by atoms with Crippen LogP contribution in [0, 0.1) is 6.92 Å². The molecule has 1 heterocycles. The van der Waals surface area contributed by atoms with Crippen molar-refractivity contribution in [1.82, 2.24) is 10.2 Å². The molecule has 2 N–H and O–H groups in total. The van der Waals surface area contributed by atoms with E-state index in [0.29, 0.717) is 17.9 Å². The topological polar surface area (TPSA) is 99.9 Å². The number of likely N-dealkylation sites (N-methyl/N-ethyl adjacent to an activating group) is 1. The van der Waals surface area contributed by atoms with E-state index in [4.69, 9.17) is 9.52 Å². The molecule has 0 spiro atoms. The summed E-state index contributed by atoms with van der Waals surface area (Å²) in [5, 5.41) is 11.9. The van der Waals surface area contributed by atoms with E-state index in [1.807, 2.05) is 37.3 Å². The molecule has 7 heteroatoms. The highest BCUT2D eigenvalue weighted by Gasteiger charge is 2.24. The number of carbonyl (C=O) groups excluding carboxylic acids is 2. The Kier molecular flexibility index (Phi) is 7.37. The molecule has 1 aromatic heterocycles. The number of hydrogen-bond acceptors (Lipinski definition) is 4. The van der Waals surface area contributed by atoms with Crippen LogP contribution >= 0.6 is 0 Å². The number of aryl methyl sites for hydroxylation is 1. The van der Waals surface area contributed by atoms with Crippen molar-refractivity contribution in [3.63, 3.8) is 0 Å². The molecule has 1 unspecified atom stereocenters. The van der Waals surface area contributed by atoms with Crippen LogP contribution in [-0.4, -0.2) is 40.9 Å². The summed E-state index contributed by atoms with van der Waals surface area (Å²) in [7, 11) is 1.60. The second kappa shape index (κ2) is 9.73. The van der Waals surface area contributed by atoms with Gasteiger partial charge in [0.1, 0.15) is 23.1 Å². The number of carboxylic acid groups (broad SMARTS) is 1. The number of nitrogens with zero attached hydrogens (tertiary/aromatic N) is 1. The summed E-state index contributed by atoms with van der Waals surface area (Å²) < 4.78 is 5.43. The average Bonchev–Trinajstić information content (AvgIpc) is 3.02. The lowest BCUT2D eigenvalue weighted by molar-refractivity contribution is -0.136. The van der Waals surface area contributed by atoms with Crippen molar-refractivity contribution in [2.45, 2.75) is 45.7 Å². The normalized spacial score (nSPS) is 11.7. The molecule has 2 aromatic rings. The third-order valence-corrected chi connectivity index (χ3v) is 4.39. The number of nitrogens with one attached hydrogen (secondary N) is 1. The Morgan fingerprint density at radius 1 is 1.21 bits per heavy atom. The van der Waals surface area contributed by atoms with Gasteiger partial charge in [0, 0.05) is 7.05 Å². The molecule has 1 aromatic carbocycles. The maximum Gasteiger partial charge on any atom is 0.339 e. The van der Waals surface area contributed by atoms with Crippen LogP contribution in [0.5, 0.6) is 0 Å². The summed E-state index contributed by atoms with van der Waals surface area (Å²) in [5.74, 6) is -0.845. The van der Waals surface area contributed by atoms with Gasteiger partial charge in [0.25, 0.3) is 0 Å². The molecular formula is C21H26N2O5. The molecular weight excluding hydrogens is 360 g/mol. The Morgan fingerprint density at radius 3 is 2.46 bits per heavy atom. The van der Waals surface area contributed by atoms with Crippen LogP contribution in [0.2, 0.25) is 0 Å². The molecule has 2 rings (SSSR count). The van der Waals surface area contributed by atoms with E-state index in [2.05, 4.69) is 5.32 Å². The van der Waals surface area contributed by atoms with Gasteiger partial charge in [-0.05, 0) is 25.0 Å². The van der Waals surface area contributed by atoms with Crippen LogP contribution < -0.4 is 5.32 Å². The van der Waals surface area contributed by atoms with Gasteiger partial charge < -0.3 is 19.7 Å². The first-order valence-corrected chi connectivity index (χ1v) is 9.22. The van der Waals surface area contributed by atoms with Crippen molar-refractivity contribution in [3.05, 3.63) is 59.0 Å². The lowest BCUT2D eigenvalue weighted by Crippen LogP contribution is -2.47. The molecule has 2 amide bonds. The Morgan fingerprint density at radius 2 is 1.89 bits per heavy atom. The fourth-order valence-electron chi connectivity index (χ4n) is 2.98. The van der Waals surface area contributed by atoms with Gasteiger partial charge in [0.15, 0.2) is 0 Å². The van der Waals surface area contributed by atoms with E-state index in [1.165, 1.54) is 11.0 Å². The first-order valence-electron chi connectivity index (χ1n) is 9.22. The Hall–Kier alpha value is -3.09. The Bertz CT molecular complexity index is 829. The van der Waals surface area contributed by atoms with Gasteiger partial charge in [0.05, 0.1) is 13.0 Å². The quantitative estimate of drug-likeness (QED) is 0.690. The summed E-state index contributed by atoms with van der Waals surface area (Å²) in [6.45, 7) is 3.64. The summed E-state index contributed by atoms with van der Waals surface area (Å²) in [5.41, 5.74) is 0.959. The van der Waals surface area contributed by atoms with E-state index in [1.54, 1.807) is 14.0 Å². The van der Waals surface area contributed by atoms with Crippen molar-refractivity contribution in [2.24, 2.45) is 0 Å². The molecule has 28 heavy (non-hydrogen) atoms. The maximum absolute atomic E-state index is 12.8. The largest absolute Gasteiger partial charge is 0.478 e. The summed E-state index contributed by atoms with van der Waals surface area (Å²) in [6.07, 6.45) is 1.46. The molecule has 0 radical (unpaired) electrons. The van der Waals surface area contributed by atoms with E-state index in [0.717, 1.165) is 12.0 Å². The van der Waals surface area contributed by atoms with E-state index < -0.39 is 12.0 Å². The van der Waals surface area contributed by atoms with Gasteiger partial charge in [-0.2, -0.15) is 0 Å². The van der Waals surface area contributed by atoms with Crippen LogP contribution in [0.4, 0.5) is 0 Å². The zero-order chi connectivity index (χ0) is 20.7. The zero-order valence-electron chi connectivity index (χ0n) is 16.4. The predicted molar refractivity (Wildman–Crippen MR) is 104 cm³/mol. The minimum atomic E-state index is -1.07. The van der Waals surface area contributed by atoms with Gasteiger partial charge in [-0.15, -0.1) is 0 Å². The lowest BCUT2D eigenvalue weighted by Gasteiger charge is -2.24. The lowest BCUT2D eigenvalue weighted by atomic mass is 10.1. The van der Waals surface area contributed by atoms with Crippen LogP contribution in [0.3, 0.4) is 0 Å². The third kappa shape index (κ3) is 5.70. The third-order valence-electron chi connectivity index (χ3n) is 4.39. The van der Waals surface area contributed by atoms with Crippen LogP contribution in [0.15, 0.2) is 40.8 Å². The molecule has 0 saturated heterocycles. The van der Waals surface area contributed by atoms with Crippen molar-refractivity contribution >= 4 is 17.8 Å². The van der Waals surface area contributed by atoms with Crippen molar-refractivity contribution in [3.8, 4) is 0 Å². The second-order valence-corrected chi connectivity index (χ2v) is 6.75. The van der Waals surface area contributed by atoms with Gasteiger partial charge in [0.2, 0.25) is 11.8 Å². The molecule has 0 saturated carbocycles. The summed E-state index contributed by atoms with van der Waals surface area (Å²) in [4.78, 5) is 37.7. The predicted octanol–water partition coefficient (Wildman–Crippen LogP) is 2.77. The highest BCUT2D eigenvalue weighted by molar-refractivity contribution is 5.89. The molecule has 150 valence electrons. The fourth-order valence-corrected chi connectivity index (χ4v) is 2.98. The second-order valence-electron chi connectivity index (χ2n) is 6.75. The molecule has 0 aliphatic carbocycles. The van der Waals surface area contributed by atoms with Crippen LogP contribution in [0.25, 0.3) is 0 Å². The van der Waals surface area contributed by atoms with Gasteiger partial charge in [-0.3, -0.25) is 9.59 Å².